The number of rotatable bonds is 6. The van der Waals surface area contributed by atoms with Gasteiger partial charge in [-0.2, -0.15) is 0 Å². The molecule has 0 spiro atoms. The van der Waals surface area contributed by atoms with Crippen molar-refractivity contribution in [3.63, 3.8) is 0 Å². The largest absolute Gasteiger partial charge is 0.489 e. The third-order valence-electron chi connectivity index (χ3n) is 4.38. The number of ether oxygens (including phenoxy) is 1. The molecular formula is C19H15F3N2O4. The van der Waals surface area contributed by atoms with Gasteiger partial charge in [-0.05, 0) is 24.3 Å². The number of amides is 2. The van der Waals surface area contributed by atoms with Crippen molar-refractivity contribution in [1.29, 1.82) is 0 Å². The first-order valence-corrected chi connectivity index (χ1v) is 8.26. The van der Waals surface area contributed by atoms with E-state index in [2.05, 4.69) is 0 Å². The Balaban J connectivity index is 1.67. The Kier molecular flexibility index (Phi) is 5.34. The molecule has 1 aliphatic rings. The molecule has 2 aromatic carbocycles. The zero-order chi connectivity index (χ0) is 20.4. The summed E-state index contributed by atoms with van der Waals surface area (Å²) in [5, 5.41) is 0. The second kappa shape index (κ2) is 7.71. The van der Waals surface area contributed by atoms with Gasteiger partial charge in [-0.15, -0.1) is 0 Å². The van der Waals surface area contributed by atoms with Gasteiger partial charge in [0.25, 0.3) is 5.91 Å². The highest BCUT2D eigenvalue weighted by Gasteiger charge is 2.36. The summed E-state index contributed by atoms with van der Waals surface area (Å²) in [5.41, 5.74) is 5.03. The van der Waals surface area contributed by atoms with E-state index in [1.54, 1.807) is 0 Å². The molecule has 0 bridgehead atoms. The van der Waals surface area contributed by atoms with Gasteiger partial charge in [-0.25, -0.2) is 13.2 Å². The van der Waals surface area contributed by atoms with Crippen LogP contribution < -0.4 is 15.4 Å². The molecular weight excluding hydrogens is 377 g/mol. The smallest absolute Gasteiger partial charge is 0.285 e. The molecule has 0 radical (unpaired) electrons. The van der Waals surface area contributed by atoms with Crippen LogP contribution >= 0.6 is 0 Å². The first-order chi connectivity index (χ1) is 13.3. The Morgan fingerprint density at radius 2 is 1.71 bits per heavy atom. The number of benzene rings is 2. The lowest BCUT2D eigenvalue weighted by atomic mass is 10.0. The van der Waals surface area contributed by atoms with Crippen LogP contribution in [-0.4, -0.2) is 24.1 Å². The van der Waals surface area contributed by atoms with E-state index in [1.807, 2.05) is 0 Å². The molecule has 9 heteroatoms. The molecule has 0 unspecified atom stereocenters. The summed E-state index contributed by atoms with van der Waals surface area (Å²) in [5.74, 6) is -5.85. The van der Waals surface area contributed by atoms with E-state index in [0.717, 1.165) is 0 Å². The maximum atomic E-state index is 13.6. The second-order valence-electron chi connectivity index (χ2n) is 6.26. The second-order valence-corrected chi connectivity index (χ2v) is 6.26. The van der Waals surface area contributed by atoms with Gasteiger partial charge < -0.3 is 15.4 Å². The van der Waals surface area contributed by atoms with Gasteiger partial charge in [0.05, 0.1) is 11.5 Å². The summed E-state index contributed by atoms with van der Waals surface area (Å²) in [4.78, 5) is 36.1. The molecule has 2 aromatic rings. The number of ketones is 1. The van der Waals surface area contributed by atoms with Gasteiger partial charge >= 0.3 is 0 Å². The minimum atomic E-state index is -1.08. The van der Waals surface area contributed by atoms with Crippen LogP contribution in [0, 0.1) is 23.4 Å². The summed E-state index contributed by atoms with van der Waals surface area (Å²) in [6.07, 6.45) is -0.108. The van der Waals surface area contributed by atoms with Gasteiger partial charge in [0.1, 0.15) is 29.8 Å². The van der Waals surface area contributed by atoms with Crippen LogP contribution in [0.4, 0.5) is 18.9 Å². The fourth-order valence-electron chi connectivity index (χ4n) is 2.92. The van der Waals surface area contributed by atoms with Gasteiger partial charge in [-0.3, -0.25) is 14.4 Å². The number of carbonyl (C=O) groups is 3. The number of carbonyl (C=O) groups excluding carboxylic acids is 3. The molecule has 1 aliphatic heterocycles. The number of primary amides is 1. The fourth-order valence-corrected chi connectivity index (χ4v) is 2.92. The van der Waals surface area contributed by atoms with Crippen molar-refractivity contribution in [2.24, 2.45) is 11.7 Å². The van der Waals surface area contributed by atoms with E-state index in [-0.39, 0.29) is 24.6 Å². The van der Waals surface area contributed by atoms with Crippen LogP contribution in [-0.2, 0) is 21.0 Å². The van der Waals surface area contributed by atoms with Crippen LogP contribution in [0.2, 0.25) is 0 Å². The van der Waals surface area contributed by atoms with Crippen LogP contribution in [0.3, 0.4) is 0 Å². The Bertz CT molecular complexity index is 924. The van der Waals surface area contributed by atoms with Crippen molar-refractivity contribution in [2.45, 2.75) is 13.0 Å². The number of hydrogen-bond acceptors (Lipinski definition) is 4. The first kappa shape index (κ1) is 19.4. The third kappa shape index (κ3) is 3.98. The lowest BCUT2D eigenvalue weighted by Gasteiger charge is -2.17. The molecule has 2 amide bonds. The highest BCUT2D eigenvalue weighted by molar-refractivity contribution is 6.37. The number of anilines is 1. The summed E-state index contributed by atoms with van der Waals surface area (Å²) >= 11 is 0. The zero-order valence-corrected chi connectivity index (χ0v) is 14.5. The molecule has 0 saturated carbocycles. The topological polar surface area (TPSA) is 89.7 Å². The predicted molar refractivity (Wildman–Crippen MR) is 91.8 cm³/mol. The standard InChI is InChI=1S/C19H15F3N2O4/c20-11-6-15(21)14(16(22)7-11)9-28-13-3-1-12(2-4-13)24-8-10(5-17(24)25)18(26)19(23)27/h1-4,6-7,10H,5,8-9H2,(H2,23,27)/t10-/m1/s1. The normalized spacial score (nSPS) is 16.3. The number of nitrogens with zero attached hydrogens (tertiary/aromatic N) is 1. The van der Waals surface area contributed by atoms with Gasteiger partial charge in [0.2, 0.25) is 11.7 Å². The molecule has 0 aromatic heterocycles. The van der Waals surface area contributed by atoms with E-state index in [1.165, 1.54) is 29.2 Å². The highest BCUT2D eigenvalue weighted by atomic mass is 19.1. The number of hydrogen-bond donors (Lipinski definition) is 1. The minimum Gasteiger partial charge on any atom is -0.489 e. The van der Waals surface area contributed by atoms with E-state index in [9.17, 15) is 27.6 Å². The highest BCUT2D eigenvalue weighted by Crippen LogP contribution is 2.28. The summed E-state index contributed by atoms with van der Waals surface area (Å²) in [6, 6.07) is 7.14. The maximum absolute atomic E-state index is 13.6. The van der Waals surface area contributed by atoms with Crippen molar-refractivity contribution in [3.8, 4) is 5.75 Å². The van der Waals surface area contributed by atoms with Crippen molar-refractivity contribution in [3.05, 3.63) is 59.4 Å². The van der Waals surface area contributed by atoms with Crippen molar-refractivity contribution in [1.82, 2.24) is 0 Å². The number of halogens is 3. The quantitative estimate of drug-likeness (QED) is 0.763. The van der Waals surface area contributed by atoms with E-state index >= 15 is 0 Å². The van der Waals surface area contributed by atoms with Crippen LogP contribution in [0.15, 0.2) is 36.4 Å². The fraction of sp³-hybridized carbons (Fsp3) is 0.211. The van der Waals surface area contributed by atoms with Gasteiger partial charge in [0.15, 0.2) is 0 Å². The molecule has 2 N–H and O–H groups in total. The molecule has 3 rings (SSSR count). The van der Waals surface area contributed by atoms with Crippen molar-refractivity contribution < 1.29 is 32.3 Å². The third-order valence-corrected chi connectivity index (χ3v) is 4.38. The first-order valence-electron chi connectivity index (χ1n) is 8.26. The molecule has 146 valence electrons. The predicted octanol–water partition coefficient (Wildman–Crippen LogP) is 2.09. The van der Waals surface area contributed by atoms with E-state index < -0.39 is 47.2 Å². The Hall–Kier alpha value is -3.36. The lowest BCUT2D eigenvalue weighted by Crippen LogP contribution is -2.32. The van der Waals surface area contributed by atoms with Crippen LogP contribution in [0.25, 0.3) is 0 Å². The Morgan fingerprint density at radius 1 is 1.11 bits per heavy atom. The monoisotopic (exact) mass is 392 g/mol. The van der Waals surface area contributed by atoms with E-state index in [4.69, 9.17) is 10.5 Å². The molecule has 1 saturated heterocycles. The molecule has 1 fully saturated rings. The molecule has 1 heterocycles. The van der Waals surface area contributed by atoms with Crippen LogP contribution in [0.1, 0.15) is 12.0 Å². The van der Waals surface area contributed by atoms with Gasteiger partial charge in [-0.1, -0.05) is 0 Å². The summed E-state index contributed by atoms with van der Waals surface area (Å²) in [6.45, 7) is -0.415. The zero-order valence-electron chi connectivity index (χ0n) is 14.5. The summed E-state index contributed by atoms with van der Waals surface area (Å²) in [7, 11) is 0. The lowest BCUT2D eigenvalue weighted by molar-refractivity contribution is -0.138. The van der Waals surface area contributed by atoms with Crippen molar-refractivity contribution >= 4 is 23.3 Å². The molecule has 28 heavy (non-hydrogen) atoms. The minimum absolute atomic E-state index is 0.0345. The average Bonchev–Trinajstić information content (AvgIpc) is 3.02. The maximum Gasteiger partial charge on any atom is 0.285 e. The number of nitrogens with two attached hydrogens (primary N) is 1. The van der Waals surface area contributed by atoms with Crippen LogP contribution in [0.5, 0.6) is 5.75 Å². The average molecular weight is 392 g/mol. The molecule has 6 nitrogen and oxygen atoms in total. The SMILES string of the molecule is NC(=O)C(=O)[C@@H]1CC(=O)N(c2ccc(OCc3c(F)cc(F)cc3F)cc2)C1. The number of Topliss-reactive ketones (excluding diaryl/α,β-unsaturated/α-hetero) is 1. The molecule has 0 aliphatic carbocycles. The van der Waals surface area contributed by atoms with Gasteiger partial charge in [0, 0.05) is 30.8 Å². The van der Waals surface area contributed by atoms with E-state index in [0.29, 0.717) is 17.8 Å². The van der Waals surface area contributed by atoms with Crippen molar-refractivity contribution in [2.75, 3.05) is 11.4 Å². The molecule has 1 atom stereocenters. The Morgan fingerprint density at radius 3 is 2.29 bits per heavy atom. The summed E-state index contributed by atoms with van der Waals surface area (Å²) < 4.78 is 45.5. The Labute approximate surface area is 157 Å².